The number of benzene rings is 2. The second-order valence-electron chi connectivity index (χ2n) is 9.92. The molecule has 2 aliphatic heterocycles. The Labute approximate surface area is 250 Å². The van der Waals surface area contributed by atoms with Crippen molar-refractivity contribution >= 4 is 38.8 Å². The van der Waals surface area contributed by atoms with Gasteiger partial charge in [0.15, 0.2) is 6.10 Å². The molecular weight excluding hydrogens is 576 g/mol. The molecule has 2 N–H and O–H groups in total. The number of nitrogens with zero attached hydrogens (tertiary/aromatic N) is 4. The van der Waals surface area contributed by atoms with E-state index in [0.29, 0.717) is 22.4 Å². The molecule has 11 nitrogen and oxygen atoms in total. The third-order valence-corrected chi connectivity index (χ3v) is 8.82. The van der Waals surface area contributed by atoms with Crippen LogP contribution in [0, 0.1) is 0 Å². The molecule has 1 amide bonds. The highest BCUT2D eigenvalue weighted by molar-refractivity contribution is 7.15. The molecule has 2 unspecified atom stereocenters. The third-order valence-electron chi connectivity index (χ3n) is 7.03. The average Bonchev–Trinajstić information content (AvgIpc) is 3.80. The minimum absolute atomic E-state index is 0.174. The van der Waals surface area contributed by atoms with Gasteiger partial charge in [0.25, 0.3) is 5.91 Å². The topological polar surface area (TPSA) is 130 Å². The summed E-state index contributed by atoms with van der Waals surface area (Å²) in [5.41, 5.74) is 2.79. The van der Waals surface area contributed by atoms with Crippen LogP contribution >= 0.6 is 22.7 Å². The average molecular weight is 607 g/mol. The molecular formula is C29H30N6O5S2. The summed E-state index contributed by atoms with van der Waals surface area (Å²) in [5.74, 6) is 2.87. The Morgan fingerprint density at radius 2 is 1.36 bits per heavy atom. The van der Waals surface area contributed by atoms with Crippen molar-refractivity contribution < 1.29 is 23.7 Å². The molecule has 4 heterocycles. The van der Waals surface area contributed by atoms with Gasteiger partial charge in [-0.2, -0.15) is 0 Å². The van der Waals surface area contributed by atoms with Gasteiger partial charge in [-0.05, 0) is 49.2 Å². The Kier molecular flexibility index (Phi) is 8.20. The first-order valence-electron chi connectivity index (χ1n) is 13.6. The number of methoxy groups -OCH3 is 2. The fourth-order valence-electron chi connectivity index (χ4n) is 4.81. The Morgan fingerprint density at radius 1 is 0.833 bits per heavy atom. The van der Waals surface area contributed by atoms with E-state index in [1.807, 2.05) is 36.4 Å². The maximum Gasteiger partial charge on any atom is 0.267 e. The van der Waals surface area contributed by atoms with Crippen molar-refractivity contribution in [2.45, 2.75) is 50.7 Å². The lowest BCUT2D eigenvalue weighted by molar-refractivity contribution is -0.122. The maximum absolute atomic E-state index is 12.7. The first-order chi connectivity index (χ1) is 20.5. The smallest absolute Gasteiger partial charge is 0.267 e. The van der Waals surface area contributed by atoms with Gasteiger partial charge in [0.1, 0.15) is 39.1 Å². The van der Waals surface area contributed by atoms with Gasteiger partial charge < -0.3 is 24.3 Å². The lowest BCUT2D eigenvalue weighted by atomic mass is 10.1. The van der Waals surface area contributed by atoms with E-state index >= 15 is 0 Å². The zero-order valence-corrected chi connectivity index (χ0v) is 24.8. The maximum atomic E-state index is 12.7. The Balaban J connectivity index is 0.911. The highest BCUT2D eigenvalue weighted by Crippen LogP contribution is 2.35. The van der Waals surface area contributed by atoms with Gasteiger partial charge in [-0.1, -0.05) is 29.3 Å². The molecule has 218 valence electrons. The number of hydrogen-bond acceptors (Lipinski definition) is 12. The molecule has 0 fully saturated rings. The number of anilines is 2. The second kappa shape index (κ2) is 12.3. The molecule has 0 aliphatic carbocycles. The van der Waals surface area contributed by atoms with Gasteiger partial charge in [-0.15, -0.1) is 20.4 Å². The van der Waals surface area contributed by atoms with E-state index in [-0.39, 0.29) is 12.0 Å². The van der Waals surface area contributed by atoms with Crippen molar-refractivity contribution in [2.24, 2.45) is 0 Å². The van der Waals surface area contributed by atoms with Crippen molar-refractivity contribution in [2.75, 3.05) is 24.9 Å². The molecule has 13 heteroatoms. The molecule has 0 saturated carbocycles. The van der Waals surface area contributed by atoms with Crippen molar-refractivity contribution in [3.63, 3.8) is 0 Å². The minimum Gasteiger partial charge on any atom is -0.497 e. The van der Waals surface area contributed by atoms with Crippen molar-refractivity contribution in [3.05, 3.63) is 69.8 Å². The van der Waals surface area contributed by atoms with E-state index in [4.69, 9.17) is 18.9 Å². The van der Waals surface area contributed by atoms with Crippen LogP contribution in [0.4, 0.5) is 10.3 Å². The van der Waals surface area contributed by atoms with E-state index in [9.17, 15) is 4.79 Å². The van der Waals surface area contributed by atoms with Crippen LogP contribution in [0.1, 0.15) is 34.0 Å². The molecule has 6 rings (SSSR count). The van der Waals surface area contributed by atoms with Crippen LogP contribution in [0.5, 0.6) is 23.0 Å². The highest BCUT2D eigenvalue weighted by Gasteiger charge is 2.30. The first kappa shape index (κ1) is 27.9. The lowest BCUT2D eigenvalue weighted by Crippen LogP contribution is -2.31. The van der Waals surface area contributed by atoms with Crippen LogP contribution in [0.3, 0.4) is 0 Å². The number of fused-ring (bicyclic) bond motifs is 2. The van der Waals surface area contributed by atoms with Gasteiger partial charge in [-0.25, -0.2) is 0 Å². The quantitative estimate of drug-likeness (QED) is 0.216. The van der Waals surface area contributed by atoms with Gasteiger partial charge in [-0.3, -0.25) is 10.1 Å². The Hall–Kier alpha value is -4.23. The predicted octanol–water partition coefficient (Wildman–Crippen LogP) is 4.84. The molecule has 2 aliphatic rings. The summed E-state index contributed by atoms with van der Waals surface area (Å²) >= 11 is 2.90. The monoisotopic (exact) mass is 606 g/mol. The summed E-state index contributed by atoms with van der Waals surface area (Å²) in [6.07, 6.45) is 3.85. The van der Waals surface area contributed by atoms with E-state index in [1.165, 1.54) is 22.7 Å². The van der Waals surface area contributed by atoms with Crippen molar-refractivity contribution in [1.82, 2.24) is 20.4 Å². The number of rotatable bonds is 12. The third kappa shape index (κ3) is 6.31. The lowest BCUT2D eigenvalue weighted by Gasteiger charge is -2.13. The molecule has 0 bridgehead atoms. The summed E-state index contributed by atoms with van der Waals surface area (Å²) in [4.78, 5) is 12.7. The highest BCUT2D eigenvalue weighted by atomic mass is 32.1. The van der Waals surface area contributed by atoms with Gasteiger partial charge >= 0.3 is 0 Å². The van der Waals surface area contributed by atoms with Crippen molar-refractivity contribution in [1.29, 1.82) is 0 Å². The van der Waals surface area contributed by atoms with E-state index < -0.39 is 6.10 Å². The van der Waals surface area contributed by atoms with Crippen molar-refractivity contribution in [3.8, 4) is 23.0 Å². The number of nitrogens with one attached hydrogen (secondary N) is 2. The normalized spacial score (nSPS) is 16.6. The summed E-state index contributed by atoms with van der Waals surface area (Å²) in [7, 11) is 3.27. The van der Waals surface area contributed by atoms with Gasteiger partial charge in [0.05, 0.1) is 19.9 Å². The molecule has 2 aromatic heterocycles. The second-order valence-corrected chi connectivity index (χ2v) is 12.0. The van der Waals surface area contributed by atoms with E-state index in [0.717, 1.165) is 76.2 Å². The summed E-state index contributed by atoms with van der Waals surface area (Å²) in [6, 6.07) is 11.3. The number of carbonyl (C=O) groups excluding carboxylic acids is 1. The van der Waals surface area contributed by atoms with E-state index in [2.05, 4.69) is 37.6 Å². The van der Waals surface area contributed by atoms with Crippen LogP contribution in [0.2, 0.25) is 0 Å². The largest absolute Gasteiger partial charge is 0.497 e. The number of aromatic nitrogens is 4. The first-order valence-corrected chi connectivity index (χ1v) is 15.2. The van der Waals surface area contributed by atoms with Crippen LogP contribution < -0.4 is 29.6 Å². The zero-order chi connectivity index (χ0) is 29.1. The number of hydrogen-bond donors (Lipinski definition) is 2. The van der Waals surface area contributed by atoms with E-state index in [1.54, 1.807) is 14.2 Å². The number of amides is 1. The number of ether oxygens (including phenoxy) is 4. The molecule has 42 heavy (non-hydrogen) atoms. The summed E-state index contributed by atoms with van der Waals surface area (Å²) in [6.45, 7) is 4.16. The number of unbranched alkanes of at least 4 members (excludes halogenated alkanes) is 1. The SMILES string of the molecule is C=C(Nc1nnc(CCCCc2nnc(NC(=O)C3Cc4cc(OC)ccc4O3)s2)s1)C1Cc2cc(OC)ccc2O1. The summed E-state index contributed by atoms with van der Waals surface area (Å²) < 4.78 is 22.4. The summed E-state index contributed by atoms with van der Waals surface area (Å²) in [5, 5.41) is 26.0. The number of carbonyl (C=O) groups is 1. The Morgan fingerprint density at radius 3 is 1.93 bits per heavy atom. The predicted molar refractivity (Wildman–Crippen MR) is 160 cm³/mol. The Bertz CT molecular complexity index is 1490. The molecule has 4 aromatic rings. The van der Waals surface area contributed by atoms with Crippen LogP contribution in [-0.2, 0) is 30.5 Å². The van der Waals surface area contributed by atoms with Gasteiger partial charge in [0, 0.05) is 36.8 Å². The number of aryl methyl sites for hydroxylation is 2. The molecule has 0 saturated heterocycles. The zero-order valence-electron chi connectivity index (χ0n) is 23.2. The fourth-order valence-corrected chi connectivity index (χ4v) is 6.41. The fraction of sp³-hybridized carbons (Fsp3) is 0.345. The van der Waals surface area contributed by atoms with Crippen LogP contribution in [0.15, 0.2) is 48.7 Å². The standard InChI is InChI=1S/C29H30N6O5S2/c1-16(23-14-17-12-19(37-2)8-10-21(17)39-23)30-28-34-32-25(41-28)6-4-5-7-26-33-35-29(42-26)31-27(36)24-15-18-13-20(38-3)9-11-22(18)40-24/h8-13,23-24H,1,4-7,14-15H2,2-3H3,(H,30,34)(H,31,35,36). The molecule has 2 aromatic carbocycles. The minimum atomic E-state index is -0.603. The molecule has 0 radical (unpaired) electrons. The molecule has 0 spiro atoms. The van der Waals surface area contributed by atoms with Gasteiger partial charge in [0.2, 0.25) is 10.3 Å². The van der Waals surface area contributed by atoms with Crippen LogP contribution in [-0.4, -0.2) is 52.7 Å². The molecule has 2 atom stereocenters. The van der Waals surface area contributed by atoms with Crippen LogP contribution in [0.25, 0.3) is 0 Å².